The summed E-state index contributed by atoms with van der Waals surface area (Å²) >= 11 is 0. The summed E-state index contributed by atoms with van der Waals surface area (Å²) in [6.45, 7) is 1.80. The van der Waals surface area contributed by atoms with Crippen molar-refractivity contribution in [3.63, 3.8) is 0 Å². The molecule has 0 aliphatic carbocycles. The summed E-state index contributed by atoms with van der Waals surface area (Å²) in [6.07, 6.45) is 0. The van der Waals surface area contributed by atoms with E-state index in [1.165, 1.54) is 0 Å². The van der Waals surface area contributed by atoms with Gasteiger partial charge in [-0.25, -0.2) is 0 Å². The zero-order valence-electron chi connectivity index (χ0n) is 11.0. The van der Waals surface area contributed by atoms with Gasteiger partial charge in [0.1, 0.15) is 0 Å². The number of carbonyl (C=O) groups is 2. The summed E-state index contributed by atoms with van der Waals surface area (Å²) in [7, 11) is 0. The van der Waals surface area contributed by atoms with Gasteiger partial charge in [0.25, 0.3) is 11.8 Å². The van der Waals surface area contributed by atoms with Gasteiger partial charge in [-0.2, -0.15) is 0 Å². The Morgan fingerprint density at radius 1 is 1.05 bits per heavy atom. The van der Waals surface area contributed by atoms with Gasteiger partial charge < -0.3 is 16.8 Å². The van der Waals surface area contributed by atoms with Crippen LogP contribution < -0.4 is 16.8 Å². The summed E-state index contributed by atoms with van der Waals surface area (Å²) in [6, 6.07) is 11.8. The number of para-hydroxylation sites is 1. The fourth-order valence-electron chi connectivity index (χ4n) is 1.99. The van der Waals surface area contributed by atoms with Crippen LogP contribution in [0.4, 0.5) is 11.4 Å². The van der Waals surface area contributed by atoms with E-state index in [1.807, 2.05) is 0 Å². The average molecular weight is 269 g/mol. The van der Waals surface area contributed by atoms with Gasteiger partial charge >= 0.3 is 0 Å². The van der Waals surface area contributed by atoms with Gasteiger partial charge in [-0.05, 0) is 30.7 Å². The first-order valence-corrected chi connectivity index (χ1v) is 6.06. The molecule has 0 aliphatic heterocycles. The van der Waals surface area contributed by atoms with Gasteiger partial charge in [0, 0.05) is 5.69 Å². The minimum absolute atomic E-state index is 0.257. The largest absolute Gasteiger partial charge is 0.398 e. The molecule has 0 radical (unpaired) electrons. The molecule has 0 unspecified atom stereocenters. The summed E-state index contributed by atoms with van der Waals surface area (Å²) < 4.78 is 0. The van der Waals surface area contributed by atoms with E-state index in [4.69, 9.17) is 11.5 Å². The number of amides is 2. The zero-order chi connectivity index (χ0) is 14.7. The Bertz CT molecular complexity index is 660. The van der Waals surface area contributed by atoms with Crippen LogP contribution in [-0.2, 0) is 0 Å². The number of nitrogens with one attached hydrogen (secondary N) is 1. The van der Waals surface area contributed by atoms with Crippen LogP contribution in [0.25, 0.3) is 0 Å². The smallest absolute Gasteiger partial charge is 0.258 e. The molecule has 5 heteroatoms. The molecule has 0 aromatic heterocycles. The van der Waals surface area contributed by atoms with Gasteiger partial charge in [-0.3, -0.25) is 9.59 Å². The third-order valence-electron chi connectivity index (χ3n) is 2.97. The van der Waals surface area contributed by atoms with Gasteiger partial charge in [-0.15, -0.1) is 0 Å². The van der Waals surface area contributed by atoms with E-state index in [1.54, 1.807) is 49.4 Å². The number of rotatable bonds is 3. The summed E-state index contributed by atoms with van der Waals surface area (Å²) in [5.41, 5.74) is 13.3. The molecule has 0 atom stereocenters. The van der Waals surface area contributed by atoms with Crippen molar-refractivity contribution in [3.05, 3.63) is 59.2 Å². The topological polar surface area (TPSA) is 98.2 Å². The lowest BCUT2D eigenvalue weighted by Crippen LogP contribution is -2.19. The Kier molecular flexibility index (Phi) is 3.70. The summed E-state index contributed by atoms with van der Waals surface area (Å²) in [4.78, 5) is 23.6. The zero-order valence-corrected chi connectivity index (χ0v) is 11.0. The Morgan fingerprint density at radius 2 is 1.75 bits per heavy atom. The van der Waals surface area contributed by atoms with Crippen molar-refractivity contribution in [3.8, 4) is 0 Å². The predicted molar refractivity (Wildman–Crippen MR) is 78.5 cm³/mol. The second kappa shape index (κ2) is 5.44. The first-order valence-electron chi connectivity index (χ1n) is 6.06. The SMILES string of the molecule is Cc1cccc(N)c1C(=O)Nc1ccccc1C(N)=O. The highest BCUT2D eigenvalue weighted by molar-refractivity contribution is 6.11. The molecule has 5 nitrogen and oxygen atoms in total. The maximum absolute atomic E-state index is 12.3. The molecule has 0 spiro atoms. The number of carbonyl (C=O) groups excluding carboxylic acids is 2. The molecule has 5 N–H and O–H groups in total. The lowest BCUT2D eigenvalue weighted by Gasteiger charge is -2.12. The normalized spacial score (nSPS) is 10.1. The number of primary amides is 1. The number of nitrogen functional groups attached to an aromatic ring is 1. The molecule has 102 valence electrons. The van der Waals surface area contributed by atoms with Crippen LogP contribution in [0, 0.1) is 6.92 Å². The van der Waals surface area contributed by atoms with Crippen LogP contribution in [-0.4, -0.2) is 11.8 Å². The highest BCUT2D eigenvalue weighted by Crippen LogP contribution is 2.20. The third-order valence-corrected chi connectivity index (χ3v) is 2.97. The Balaban J connectivity index is 2.36. The number of hydrogen-bond acceptors (Lipinski definition) is 3. The minimum Gasteiger partial charge on any atom is -0.398 e. The number of anilines is 2. The molecule has 0 bridgehead atoms. The van der Waals surface area contributed by atoms with Crippen LogP contribution in [0.2, 0.25) is 0 Å². The first kappa shape index (κ1) is 13.6. The van der Waals surface area contributed by atoms with Crippen molar-refractivity contribution in [1.29, 1.82) is 0 Å². The van der Waals surface area contributed by atoms with Crippen LogP contribution >= 0.6 is 0 Å². The molecular formula is C15H15N3O2. The number of aryl methyl sites for hydroxylation is 1. The molecule has 0 saturated carbocycles. The highest BCUT2D eigenvalue weighted by Gasteiger charge is 2.15. The lowest BCUT2D eigenvalue weighted by molar-refractivity contribution is 0.100. The summed E-state index contributed by atoms with van der Waals surface area (Å²) in [5, 5.41) is 2.67. The molecule has 2 aromatic rings. The van der Waals surface area contributed by atoms with Gasteiger partial charge in [0.15, 0.2) is 0 Å². The predicted octanol–water partition coefficient (Wildman–Crippen LogP) is 1.93. The third kappa shape index (κ3) is 2.61. The van der Waals surface area contributed by atoms with Gasteiger partial charge in [0.2, 0.25) is 0 Å². The Hall–Kier alpha value is -2.82. The molecule has 2 rings (SSSR count). The van der Waals surface area contributed by atoms with Crippen molar-refractivity contribution in [1.82, 2.24) is 0 Å². The molecule has 0 saturated heterocycles. The summed E-state index contributed by atoms with van der Waals surface area (Å²) in [5.74, 6) is -0.965. The van der Waals surface area contributed by atoms with Crippen molar-refractivity contribution in [2.45, 2.75) is 6.92 Å². The Morgan fingerprint density at radius 3 is 2.40 bits per heavy atom. The molecular weight excluding hydrogens is 254 g/mol. The molecule has 2 amide bonds. The first-order chi connectivity index (χ1) is 9.50. The monoisotopic (exact) mass is 269 g/mol. The van der Waals surface area contributed by atoms with Crippen molar-refractivity contribution in [2.24, 2.45) is 5.73 Å². The molecule has 0 fully saturated rings. The fraction of sp³-hybridized carbons (Fsp3) is 0.0667. The van der Waals surface area contributed by atoms with Crippen molar-refractivity contribution < 1.29 is 9.59 Å². The van der Waals surface area contributed by atoms with E-state index >= 15 is 0 Å². The number of hydrogen-bond donors (Lipinski definition) is 3. The van der Waals surface area contributed by atoms with Crippen molar-refractivity contribution in [2.75, 3.05) is 11.1 Å². The lowest BCUT2D eigenvalue weighted by atomic mass is 10.1. The van der Waals surface area contributed by atoms with E-state index in [2.05, 4.69) is 5.32 Å². The maximum Gasteiger partial charge on any atom is 0.258 e. The highest BCUT2D eigenvalue weighted by atomic mass is 16.2. The fourth-order valence-corrected chi connectivity index (χ4v) is 1.99. The van der Waals surface area contributed by atoms with E-state index in [9.17, 15) is 9.59 Å². The number of nitrogens with two attached hydrogens (primary N) is 2. The maximum atomic E-state index is 12.3. The van der Waals surface area contributed by atoms with Crippen LogP contribution in [0.1, 0.15) is 26.3 Å². The van der Waals surface area contributed by atoms with Crippen molar-refractivity contribution >= 4 is 23.2 Å². The quantitative estimate of drug-likeness (QED) is 0.742. The van der Waals surface area contributed by atoms with E-state index in [0.29, 0.717) is 16.9 Å². The van der Waals surface area contributed by atoms with E-state index in [-0.39, 0.29) is 11.5 Å². The minimum atomic E-state index is -0.598. The van der Waals surface area contributed by atoms with Crippen LogP contribution in [0.15, 0.2) is 42.5 Å². The van der Waals surface area contributed by atoms with Gasteiger partial charge in [0.05, 0.1) is 16.8 Å². The Labute approximate surface area is 116 Å². The second-order valence-electron chi connectivity index (χ2n) is 4.40. The second-order valence-corrected chi connectivity index (χ2v) is 4.40. The average Bonchev–Trinajstić information content (AvgIpc) is 2.38. The van der Waals surface area contributed by atoms with Crippen LogP contribution in [0.3, 0.4) is 0 Å². The van der Waals surface area contributed by atoms with E-state index in [0.717, 1.165) is 5.56 Å². The molecule has 2 aromatic carbocycles. The van der Waals surface area contributed by atoms with Gasteiger partial charge in [-0.1, -0.05) is 24.3 Å². The molecule has 0 heterocycles. The molecule has 20 heavy (non-hydrogen) atoms. The molecule has 0 aliphatic rings. The standard InChI is InChI=1S/C15H15N3O2/c1-9-5-4-7-11(16)13(9)15(20)18-12-8-3-2-6-10(12)14(17)19/h2-8H,16H2,1H3,(H2,17,19)(H,18,20). The van der Waals surface area contributed by atoms with Crippen LogP contribution in [0.5, 0.6) is 0 Å². The number of benzene rings is 2. The van der Waals surface area contributed by atoms with E-state index < -0.39 is 5.91 Å².